The smallest absolute Gasteiger partial charge is 0.417 e. The number of hydrogen-bond donors (Lipinski definition) is 4. The van der Waals surface area contributed by atoms with Gasteiger partial charge in [-0.25, -0.2) is 14.4 Å². The molecule has 0 saturated carbocycles. The summed E-state index contributed by atoms with van der Waals surface area (Å²) in [5, 5.41) is 18.5. The third-order valence-electron chi connectivity index (χ3n) is 6.91. The Hall–Kier alpha value is -3.56. The molecule has 0 radical (unpaired) electrons. The van der Waals surface area contributed by atoms with Gasteiger partial charge in [-0.05, 0) is 13.0 Å². The molecule has 0 unspecified atom stereocenters. The molecule has 0 spiro atoms. The number of aliphatic hydroxyl groups is 2. The van der Waals surface area contributed by atoms with Crippen LogP contribution in [0, 0.1) is 17.6 Å². The van der Waals surface area contributed by atoms with Gasteiger partial charge < -0.3 is 35.1 Å². The maximum atomic E-state index is 14.6. The Morgan fingerprint density at radius 1 is 1.31 bits per heavy atom. The van der Waals surface area contributed by atoms with Crippen molar-refractivity contribution in [3.05, 3.63) is 46.9 Å². The number of halogens is 5. The standard InChI is InChI=1S/C24H25F5N4O6/c1-9-15(11-4-5-12(25)16(26)19(11)37-3)20(39-23(9,2)24(27,28)29)22-31-13-6-14(38-8-10(35)7-34)32-18(21(30)36)17(13)33-22/h4-6,9-10,15,20,34-35H,7-8H2,1-3H3,(H2,30,36)(H,31,33)/t9-,10-,15-,20+,23+/m0/s1. The van der Waals surface area contributed by atoms with Crippen LogP contribution in [0.15, 0.2) is 18.2 Å². The molecule has 1 aliphatic rings. The first-order chi connectivity index (χ1) is 18.2. The van der Waals surface area contributed by atoms with Crippen LogP contribution in [-0.4, -0.2) is 69.3 Å². The highest BCUT2D eigenvalue weighted by Crippen LogP contribution is 2.59. The van der Waals surface area contributed by atoms with Crippen molar-refractivity contribution < 1.29 is 51.2 Å². The summed E-state index contributed by atoms with van der Waals surface area (Å²) in [7, 11) is 1.06. The highest BCUT2D eigenvalue weighted by atomic mass is 19.4. The molecule has 3 heterocycles. The number of aromatic nitrogens is 3. The lowest BCUT2D eigenvalue weighted by Gasteiger charge is -2.32. The fourth-order valence-electron chi connectivity index (χ4n) is 4.67. The lowest BCUT2D eigenvalue weighted by molar-refractivity contribution is -0.275. The summed E-state index contributed by atoms with van der Waals surface area (Å²) in [6.45, 7) is 1.10. The monoisotopic (exact) mass is 560 g/mol. The topological polar surface area (TPSA) is 153 Å². The van der Waals surface area contributed by atoms with Gasteiger partial charge in [0, 0.05) is 23.5 Å². The van der Waals surface area contributed by atoms with E-state index >= 15 is 0 Å². The molecule has 1 amide bonds. The third-order valence-corrected chi connectivity index (χ3v) is 6.91. The number of primary amides is 1. The van der Waals surface area contributed by atoms with Crippen LogP contribution in [-0.2, 0) is 4.74 Å². The molecule has 5 N–H and O–H groups in total. The number of nitrogens with two attached hydrogens (primary N) is 1. The number of aliphatic hydroxyl groups excluding tert-OH is 2. The molecular formula is C24H25F5N4O6. The van der Waals surface area contributed by atoms with E-state index in [4.69, 9.17) is 25.1 Å². The van der Waals surface area contributed by atoms with Gasteiger partial charge in [0.05, 0.1) is 19.2 Å². The van der Waals surface area contributed by atoms with Gasteiger partial charge >= 0.3 is 6.18 Å². The van der Waals surface area contributed by atoms with Crippen LogP contribution in [0.3, 0.4) is 0 Å². The molecule has 10 nitrogen and oxygen atoms in total. The van der Waals surface area contributed by atoms with Gasteiger partial charge in [0.2, 0.25) is 11.7 Å². The Morgan fingerprint density at radius 3 is 2.59 bits per heavy atom. The lowest BCUT2D eigenvalue weighted by Crippen LogP contribution is -2.46. The SMILES string of the molecule is COc1c([C@H]2[C@H](c3nc4c(C(N)=O)nc(OC[C@@H](O)CO)cc4[nH]3)O[C@@](C)(C(F)(F)F)[C@H]2C)ccc(F)c1F. The number of alkyl halides is 3. The largest absolute Gasteiger partial charge is 0.493 e. The minimum absolute atomic E-state index is 0.0788. The number of fused-ring (bicyclic) bond motifs is 1. The summed E-state index contributed by atoms with van der Waals surface area (Å²) in [5.41, 5.74) is 2.18. The van der Waals surface area contributed by atoms with Crippen LogP contribution in [0.25, 0.3) is 11.0 Å². The molecule has 0 bridgehead atoms. The van der Waals surface area contributed by atoms with Gasteiger partial charge in [-0.1, -0.05) is 13.0 Å². The number of benzene rings is 1. The minimum atomic E-state index is -4.87. The second-order valence-electron chi connectivity index (χ2n) is 9.28. The number of pyridine rings is 1. The third kappa shape index (κ3) is 4.85. The molecule has 4 rings (SSSR count). The molecule has 1 aliphatic heterocycles. The van der Waals surface area contributed by atoms with Crippen LogP contribution >= 0.6 is 0 Å². The first-order valence-electron chi connectivity index (χ1n) is 11.6. The van der Waals surface area contributed by atoms with Crippen molar-refractivity contribution in [3.63, 3.8) is 0 Å². The van der Waals surface area contributed by atoms with E-state index in [0.29, 0.717) is 0 Å². The predicted octanol–water partition coefficient (Wildman–Crippen LogP) is 2.89. The minimum Gasteiger partial charge on any atom is -0.493 e. The molecule has 2 aromatic heterocycles. The maximum Gasteiger partial charge on any atom is 0.417 e. The van der Waals surface area contributed by atoms with Gasteiger partial charge in [-0.3, -0.25) is 4.79 Å². The van der Waals surface area contributed by atoms with E-state index in [9.17, 15) is 31.9 Å². The number of carbonyl (C=O) groups excluding carboxylic acids is 1. The van der Waals surface area contributed by atoms with Crippen LogP contribution in [0.1, 0.15) is 47.7 Å². The molecule has 15 heteroatoms. The summed E-state index contributed by atoms with van der Waals surface area (Å²) < 4.78 is 87.2. The second kappa shape index (κ2) is 10.2. The van der Waals surface area contributed by atoms with Gasteiger partial charge in [0.15, 0.2) is 22.9 Å². The summed E-state index contributed by atoms with van der Waals surface area (Å²) >= 11 is 0. The Morgan fingerprint density at radius 2 is 2.00 bits per heavy atom. The zero-order chi connectivity index (χ0) is 28.9. The molecule has 212 valence electrons. The molecule has 3 aromatic rings. The summed E-state index contributed by atoms with van der Waals surface area (Å²) in [6, 6.07) is 3.16. The number of rotatable bonds is 8. The zero-order valence-corrected chi connectivity index (χ0v) is 20.8. The van der Waals surface area contributed by atoms with E-state index < -0.39 is 71.4 Å². The van der Waals surface area contributed by atoms with Crippen molar-refractivity contribution >= 4 is 16.9 Å². The second-order valence-corrected chi connectivity index (χ2v) is 9.28. The van der Waals surface area contributed by atoms with Gasteiger partial charge in [-0.15, -0.1) is 0 Å². The number of methoxy groups -OCH3 is 1. The number of nitrogens with one attached hydrogen (secondary N) is 1. The molecule has 1 saturated heterocycles. The van der Waals surface area contributed by atoms with Crippen molar-refractivity contribution in [1.82, 2.24) is 15.0 Å². The molecule has 39 heavy (non-hydrogen) atoms. The van der Waals surface area contributed by atoms with Crippen molar-refractivity contribution in [1.29, 1.82) is 0 Å². The molecule has 0 aliphatic carbocycles. The Bertz CT molecular complexity index is 1400. The number of aromatic amines is 1. The van der Waals surface area contributed by atoms with Crippen LogP contribution in [0.2, 0.25) is 0 Å². The van der Waals surface area contributed by atoms with E-state index in [0.717, 1.165) is 26.2 Å². The number of imidazole rings is 1. The van der Waals surface area contributed by atoms with Crippen LogP contribution in [0.5, 0.6) is 11.6 Å². The first-order valence-corrected chi connectivity index (χ1v) is 11.6. The Kier molecular flexibility index (Phi) is 7.44. The average molecular weight is 560 g/mol. The van der Waals surface area contributed by atoms with Crippen molar-refractivity contribution in [2.45, 2.75) is 43.8 Å². The summed E-state index contributed by atoms with van der Waals surface area (Å²) in [4.78, 5) is 23.1. The van der Waals surface area contributed by atoms with Crippen molar-refractivity contribution in [2.24, 2.45) is 11.7 Å². The number of ether oxygens (including phenoxy) is 3. The number of H-pyrrole nitrogens is 1. The first kappa shape index (κ1) is 28.4. The zero-order valence-electron chi connectivity index (χ0n) is 20.8. The Labute approximate surface area is 217 Å². The summed E-state index contributed by atoms with van der Waals surface area (Å²) in [6.07, 6.45) is -7.62. The van der Waals surface area contributed by atoms with E-state index in [-0.39, 0.29) is 34.9 Å². The highest BCUT2D eigenvalue weighted by molar-refractivity contribution is 6.02. The van der Waals surface area contributed by atoms with Gasteiger partial charge in [0.25, 0.3) is 5.91 Å². The number of carbonyl (C=O) groups is 1. The van der Waals surface area contributed by atoms with Crippen molar-refractivity contribution in [2.75, 3.05) is 20.3 Å². The fraction of sp³-hybridized carbons (Fsp3) is 0.458. The average Bonchev–Trinajstić information content (AvgIpc) is 3.42. The van der Waals surface area contributed by atoms with Gasteiger partial charge in [0.1, 0.15) is 30.2 Å². The molecular weight excluding hydrogens is 535 g/mol. The quantitative estimate of drug-likeness (QED) is 0.307. The van der Waals surface area contributed by atoms with E-state index in [1.807, 2.05) is 0 Å². The number of hydrogen-bond acceptors (Lipinski definition) is 8. The van der Waals surface area contributed by atoms with Gasteiger partial charge in [-0.2, -0.15) is 17.6 Å². The number of nitrogens with zero attached hydrogens (tertiary/aromatic N) is 2. The summed E-state index contributed by atoms with van der Waals surface area (Å²) in [5.74, 6) is -7.22. The van der Waals surface area contributed by atoms with Crippen LogP contribution < -0.4 is 15.2 Å². The molecule has 1 fully saturated rings. The van der Waals surface area contributed by atoms with Crippen LogP contribution in [0.4, 0.5) is 22.0 Å². The normalized spacial score (nSPS) is 24.2. The number of amides is 1. The molecule has 1 aromatic carbocycles. The van der Waals surface area contributed by atoms with Crippen molar-refractivity contribution in [3.8, 4) is 11.6 Å². The highest BCUT2D eigenvalue weighted by Gasteiger charge is 2.65. The van der Waals surface area contributed by atoms with E-state index in [1.165, 1.54) is 13.0 Å². The fourth-order valence-corrected chi connectivity index (χ4v) is 4.67. The maximum absolute atomic E-state index is 14.6. The molecule has 5 atom stereocenters. The predicted molar refractivity (Wildman–Crippen MR) is 124 cm³/mol. The Balaban J connectivity index is 1.88. The van der Waals surface area contributed by atoms with E-state index in [1.54, 1.807) is 0 Å². The van der Waals surface area contributed by atoms with E-state index in [2.05, 4.69) is 15.0 Å². The lowest BCUT2D eigenvalue weighted by atomic mass is 9.77.